The Morgan fingerprint density at radius 1 is 1.37 bits per heavy atom. The minimum absolute atomic E-state index is 0.376. The molecule has 0 aromatic carbocycles. The molecule has 1 aliphatic rings. The SMILES string of the molecule is CCCNC(c1cc(Br)c(Cl)s1)C1C(C)(C)C1(C)C. The summed E-state index contributed by atoms with van der Waals surface area (Å²) in [7, 11) is 0. The maximum Gasteiger partial charge on any atom is 0.107 e. The Labute approximate surface area is 134 Å². The summed E-state index contributed by atoms with van der Waals surface area (Å²) < 4.78 is 1.88. The first-order valence-electron chi connectivity index (χ1n) is 6.91. The lowest BCUT2D eigenvalue weighted by Gasteiger charge is -2.19. The normalized spacial score (nSPS) is 22.5. The molecule has 0 aliphatic heterocycles. The first-order chi connectivity index (χ1) is 8.73. The van der Waals surface area contributed by atoms with Crippen LogP contribution in [-0.2, 0) is 0 Å². The van der Waals surface area contributed by atoms with Gasteiger partial charge in [-0.05, 0) is 51.7 Å². The number of nitrogens with one attached hydrogen (secondary N) is 1. The molecule has 0 bridgehead atoms. The Bertz CT molecular complexity index is 433. The third-order valence-electron chi connectivity index (χ3n) is 5.05. The van der Waals surface area contributed by atoms with Gasteiger partial charge in [0.25, 0.3) is 0 Å². The van der Waals surface area contributed by atoms with E-state index < -0.39 is 0 Å². The summed E-state index contributed by atoms with van der Waals surface area (Å²) >= 11 is 11.4. The minimum Gasteiger partial charge on any atom is -0.309 e. The molecule has 1 fully saturated rings. The lowest BCUT2D eigenvalue weighted by atomic mass is 10.0. The highest BCUT2D eigenvalue weighted by Gasteiger charge is 2.67. The van der Waals surface area contributed by atoms with E-state index in [1.807, 2.05) is 0 Å². The molecule has 1 aromatic rings. The van der Waals surface area contributed by atoms with Gasteiger partial charge in [-0.2, -0.15) is 0 Å². The second kappa shape index (κ2) is 5.32. The lowest BCUT2D eigenvalue weighted by Crippen LogP contribution is -2.25. The van der Waals surface area contributed by atoms with Crippen LogP contribution in [0.2, 0.25) is 4.34 Å². The lowest BCUT2D eigenvalue weighted by molar-refractivity contribution is 0.415. The minimum atomic E-state index is 0.376. The number of hydrogen-bond donors (Lipinski definition) is 1. The highest BCUT2D eigenvalue weighted by Crippen LogP contribution is 2.72. The van der Waals surface area contributed by atoms with E-state index in [9.17, 15) is 0 Å². The molecule has 4 heteroatoms. The molecule has 2 rings (SSSR count). The van der Waals surface area contributed by atoms with Crippen molar-refractivity contribution >= 4 is 38.9 Å². The standard InChI is InChI=1S/C15H23BrClNS/c1-6-7-18-11(10-8-9(16)13(17)19-10)12-14(2,3)15(12,4)5/h8,11-12,18H,6-7H2,1-5H3. The van der Waals surface area contributed by atoms with E-state index in [0.717, 1.165) is 21.8 Å². The van der Waals surface area contributed by atoms with E-state index in [2.05, 4.69) is 61.9 Å². The van der Waals surface area contributed by atoms with Gasteiger partial charge >= 0.3 is 0 Å². The first-order valence-corrected chi connectivity index (χ1v) is 8.90. The summed E-state index contributed by atoms with van der Waals surface area (Å²) in [6.45, 7) is 12.8. The molecule has 1 unspecified atom stereocenters. The smallest absolute Gasteiger partial charge is 0.107 e. The molecule has 0 radical (unpaired) electrons. The van der Waals surface area contributed by atoms with E-state index in [1.54, 1.807) is 11.3 Å². The molecule has 0 saturated heterocycles. The van der Waals surface area contributed by atoms with Crippen molar-refractivity contribution in [2.24, 2.45) is 16.7 Å². The highest BCUT2D eigenvalue weighted by molar-refractivity contribution is 9.10. The van der Waals surface area contributed by atoms with Crippen molar-refractivity contribution in [2.75, 3.05) is 6.54 Å². The van der Waals surface area contributed by atoms with E-state index >= 15 is 0 Å². The van der Waals surface area contributed by atoms with Crippen LogP contribution in [0.5, 0.6) is 0 Å². The largest absolute Gasteiger partial charge is 0.309 e. The van der Waals surface area contributed by atoms with Crippen molar-refractivity contribution in [1.82, 2.24) is 5.32 Å². The van der Waals surface area contributed by atoms with Crippen LogP contribution in [0.4, 0.5) is 0 Å². The van der Waals surface area contributed by atoms with Crippen molar-refractivity contribution in [1.29, 1.82) is 0 Å². The van der Waals surface area contributed by atoms with Crippen LogP contribution in [0.1, 0.15) is 52.0 Å². The number of halogens is 2. The summed E-state index contributed by atoms with van der Waals surface area (Å²) in [6.07, 6.45) is 1.16. The fourth-order valence-corrected chi connectivity index (χ4v) is 5.13. The van der Waals surface area contributed by atoms with Gasteiger partial charge in [0.2, 0.25) is 0 Å². The first kappa shape index (κ1) is 15.8. The zero-order valence-electron chi connectivity index (χ0n) is 12.3. The van der Waals surface area contributed by atoms with Crippen molar-refractivity contribution in [3.8, 4) is 0 Å². The molecule has 0 amide bonds. The molecule has 1 atom stereocenters. The summed E-state index contributed by atoms with van der Waals surface area (Å²) in [5.41, 5.74) is 0.753. The molecule has 1 nitrogen and oxygen atoms in total. The third-order valence-corrected chi connectivity index (χ3v) is 7.61. The van der Waals surface area contributed by atoms with Crippen LogP contribution in [0, 0.1) is 16.7 Å². The van der Waals surface area contributed by atoms with Crippen LogP contribution < -0.4 is 5.32 Å². The third kappa shape index (κ3) is 2.64. The number of thiophene rings is 1. The molecule has 108 valence electrons. The monoisotopic (exact) mass is 363 g/mol. The van der Waals surface area contributed by atoms with Crippen molar-refractivity contribution < 1.29 is 0 Å². The van der Waals surface area contributed by atoms with Crippen LogP contribution in [0.15, 0.2) is 10.5 Å². The van der Waals surface area contributed by atoms with Gasteiger partial charge in [0, 0.05) is 15.4 Å². The van der Waals surface area contributed by atoms with Gasteiger partial charge in [-0.25, -0.2) is 0 Å². The predicted molar refractivity (Wildman–Crippen MR) is 89.1 cm³/mol. The molecule has 1 aromatic heterocycles. The fraction of sp³-hybridized carbons (Fsp3) is 0.733. The van der Waals surface area contributed by atoms with Gasteiger partial charge in [0.05, 0.1) is 0 Å². The van der Waals surface area contributed by atoms with Crippen LogP contribution in [0.3, 0.4) is 0 Å². The zero-order valence-corrected chi connectivity index (χ0v) is 15.5. The van der Waals surface area contributed by atoms with Gasteiger partial charge in [-0.15, -0.1) is 11.3 Å². The maximum atomic E-state index is 6.22. The highest BCUT2D eigenvalue weighted by atomic mass is 79.9. The molecule has 19 heavy (non-hydrogen) atoms. The van der Waals surface area contributed by atoms with E-state index in [1.165, 1.54) is 4.88 Å². The second-order valence-electron chi connectivity index (χ2n) is 6.62. The van der Waals surface area contributed by atoms with Gasteiger partial charge in [0.1, 0.15) is 4.34 Å². The Morgan fingerprint density at radius 3 is 2.32 bits per heavy atom. The summed E-state index contributed by atoms with van der Waals surface area (Å²) in [6, 6.07) is 2.60. The molecule has 0 spiro atoms. The molecule has 1 N–H and O–H groups in total. The molecular weight excluding hydrogens is 342 g/mol. The predicted octanol–water partition coefficient (Wildman–Crippen LogP) is 5.89. The van der Waals surface area contributed by atoms with E-state index in [0.29, 0.717) is 22.8 Å². The van der Waals surface area contributed by atoms with E-state index in [-0.39, 0.29) is 0 Å². The average molecular weight is 365 g/mol. The van der Waals surface area contributed by atoms with Crippen molar-refractivity contribution in [3.63, 3.8) is 0 Å². The number of rotatable bonds is 5. The topological polar surface area (TPSA) is 12.0 Å². The summed E-state index contributed by atoms with van der Waals surface area (Å²) in [4.78, 5) is 1.36. The molecular formula is C15H23BrClNS. The summed E-state index contributed by atoms with van der Waals surface area (Å²) in [5, 5.41) is 3.73. The Morgan fingerprint density at radius 2 is 1.95 bits per heavy atom. The van der Waals surface area contributed by atoms with Crippen LogP contribution in [0.25, 0.3) is 0 Å². The molecule has 1 heterocycles. The van der Waals surface area contributed by atoms with Gasteiger partial charge in [0.15, 0.2) is 0 Å². The van der Waals surface area contributed by atoms with E-state index in [4.69, 9.17) is 11.6 Å². The second-order valence-corrected chi connectivity index (χ2v) is 9.16. The van der Waals surface area contributed by atoms with Crippen LogP contribution in [-0.4, -0.2) is 6.54 Å². The maximum absolute atomic E-state index is 6.22. The van der Waals surface area contributed by atoms with Gasteiger partial charge in [-0.1, -0.05) is 46.2 Å². The Hall–Kier alpha value is 0.430. The van der Waals surface area contributed by atoms with Crippen LogP contribution >= 0.6 is 38.9 Å². The average Bonchev–Trinajstić information content (AvgIpc) is 2.57. The molecule has 1 saturated carbocycles. The fourth-order valence-electron chi connectivity index (χ4n) is 3.28. The van der Waals surface area contributed by atoms with Gasteiger partial charge in [-0.3, -0.25) is 0 Å². The zero-order chi connectivity index (χ0) is 14.4. The van der Waals surface area contributed by atoms with Gasteiger partial charge < -0.3 is 5.32 Å². The quantitative estimate of drug-likeness (QED) is 0.687. The molecule has 1 aliphatic carbocycles. The van der Waals surface area contributed by atoms with Crippen molar-refractivity contribution in [2.45, 2.75) is 47.1 Å². The summed E-state index contributed by atoms with van der Waals surface area (Å²) in [5.74, 6) is 0.660. The van der Waals surface area contributed by atoms with Crippen molar-refractivity contribution in [3.05, 3.63) is 19.8 Å². The Kier molecular flexibility index (Phi) is 4.43. The number of hydrogen-bond acceptors (Lipinski definition) is 2. The Balaban J connectivity index is 2.28.